The highest BCUT2D eigenvalue weighted by Crippen LogP contribution is 2.29. The molecule has 0 amide bonds. The van der Waals surface area contributed by atoms with Gasteiger partial charge in [0.25, 0.3) is 5.69 Å². The quantitative estimate of drug-likeness (QED) is 0.584. The predicted octanol–water partition coefficient (Wildman–Crippen LogP) is 5.28. The number of hydrogen-bond donors (Lipinski definition) is 1. The van der Waals surface area contributed by atoms with Gasteiger partial charge in [-0.05, 0) is 33.6 Å². The van der Waals surface area contributed by atoms with E-state index in [-0.39, 0.29) is 5.69 Å². The summed E-state index contributed by atoms with van der Waals surface area (Å²) in [7, 11) is 0. The minimum Gasteiger partial charge on any atom is -0.380 e. The zero-order chi connectivity index (χ0) is 14.7. The maximum absolute atomic E-state index is 10.7. The molecule has 0 aliphatic heterocycles. The van der Waals surface area contributed by atoms with Gasteiger partial charge in [0.2, 0.25) is 0 Å². The Kier molecular flexibility index (Phi) is 4.86. The Morgan fingerprint density at radius 1 is 1.25 bits per heavy atom. The smallest absolute Gasteiger partial charge is 0.270 e. The molecule has 0 aliphatic rings. The first kappa shape index (κ1) is 15.1. The van der Waals surface area contributed by atoms with E-state index in [1.54, 1.807) is 12.1 Å². The van der Waals surface area contributed by atoms with Gasteiger partial charge in [-0.25, -0.2) is 0 Å². The summed E-state index contributed by atoms with van der Waals surface area (Å²) in [4.78, 5) is 10.2. The molecule has 0 heterocycles. The van der Waals surface area contributed by atoms with Crippen molar-refractivity contribution in [1.82, 2.24) is 0 Å². The lowest BCUT2D eigenvalue weighted by molar-refractivity contribution is -0.384. The van der Waals surface area contributed by atoms with Gasteiger partial charge in [0, 0.05) is 28.8 Å². The van der Waals surface area contributed by atoms with Crippen molar-refractivity contribution in [3.8, 4) is 0 Å². The second-order valence-electron chi connectivity index (χ2n) is 3.99. The molecule has 0 radical (unpaired) electrons. The van der Waals surface area contributed by atoms with Crippen molar-refractivity contribution < 1.29 is 4.92 Å². The first-order valence-electron chi connectivity index (χ1n) is 5.59. The van der Waals surface area contributed by atoms with Crippen LogP contribution in [0.5, 0.6) is 0 Å². The molecule has 0 atom stereocenters. The number of nitrogens with one attached hydrogen (secondary N) is 1. The molecule has 0 saturated carbocycles. The lowest BCUT2D eigenvalue weighted by Gasteiger charge is -2.10. The number of hydrogen-bond acceptors (Lipinski definition) is 3. The maximum atomic E-state index is 10.7. The van der Waals surface area contributed by atoms with Gasteiger partial charge in [0.15, 0.2) is 0 Å². The lowest BCUT2D eigenvalue weighted by atomic mass is 10.2. The largest absolute Gasteiger partial charge is 0.380 e. The highest BCUT2D eigenvalue weighted by molar-refractivity contribution is 9.10. The van der Waals surface area contributed by atoms with Gasteiger partial charge < -0.3 is 5.32 Å². The van der Waals surface area contributed by atoms with Gasteiger partial charge in [-0.2, -0.15) is 0 Å². The summed E-state index contributed by atoms with van der Waals surface area (Å²) >= 11 is 15.3. The Morgan fingerprint density at radius 2 is 2.00 bits per heavy atom. The van der Waals surface area contributed by atoms with Crippen LogP contribution in [0.1, 0.15) is 5.56 Å². The Bertz CT molecular complexity index is 665. The van der Waals surface area contributed by atoms with Crippen LogP contribution in [-0.2, 0) is 6.54 Å². The number of nitro groups is 1. The third-order valence-electron chi connectivity index (χ3n) is 2.66. The summed E-state index contributed by atoms with van der Waals surface area (Å²) in [6.45, 7) is 0.468. The molecule has 0 bridgehead atoms. The number of benzene rings is 2. The van der Waals surface area contributed by atoms with Crippen molar-refractivity contribution in [2.75, 3.05) is 5.32 Å². The summed E-state index contributed by atoms with van der Waals surface area (Å²) in [5.41, 5.74) is 1.62. The van der Waals surface area contributed by atoms with Crippen LogP contribution in [0, 0.1) is 10.1 Å². The van der Waals surface area contributed by atoms with Crippen molar-refractivity contribution in [2.45, 2.75) is 6.54 Å². The monoisotopic (exact) mass is 374 g/mol. The predicted molar refractivity (Wildman–Crippen MR) is 84.6 cm³/mol. The molecule has 0 spiro atoms. The van der Waals surface area contributed by atoms with Crippen LogP contribution in [0.25, 0.3) is 0 Å². The Balaban J connectivity index is 2.15. The Labute approximate surface area is 134 Å². The number of halogens is 3. The van der Waals surface area contributed by atoms with Crippen LogP contribution in [0.15, 0.2) is 40.9 Å². The van der Waals surface area contributed by atoms with E-state index in [2.05, 4.69) is 21.2 Å². The fourth-order valence-electron chi connectivity index (χ4n) is 1.64. The number of anilines is 1. The third-order valence-corrected chi connectivity index (χ3v) is 4.18. The summed E-state index contributed by atoms with van der Waals surface area (Å²) in [6, 6.07) is 9.92. The molecule has 2 rings (SSSR count). The standard InChI is InChI=1S/C13H9BrCl2N2O2/c14-10-6-9(18(19)20)4-5-12(10)17-7-8-2-1-3-11(15)13(8)16/h1-6,17H,7H2. The minimum absolute atomic E-state index is 0.0308. The highest BCUT2D eigenvalue weighted by Gasteiger charge is 2.10. The van der Waals surface area contributed by atoms with E-state index in [1.165, 1.54) is 12.1 Å². The van der Waals surface area contributed by atoms with E-state index in [0.717, 1.165) is 11.3 Å². The molecule has 0 aliphatic carbocycles. The topological polar surface area (TPSA) is 55.2 Å². The Hall–Kier alpha value is -1.30. The summed E-state index contributed by atoms with van der Waals surface area (Å²) in [6.07, 6.45) is 0. The molecule has 2 aromatic carbocycles. The second kappa shape index (κ2) is 6.43. The summed E-state index contributed by atoms with van der Waals surface area (Å²) < 4.78 is 0.616. The fourth-order valence-corrected chi connectivity index (χ4v) is 2.53. The van der Waals surface area contributed by atoms with Gasteiger partial charge >= 0.3 is 0 Å². The highest BCUT2D eigenvalue weighted by atomic mass is 79.9. The van der Waals surface area contributed by atoms with E-state index in [4.69, 9.17) is 23.2 Å². The molecule has 1 N–H and O–H groups in total. The minimum atomic E-state index is -0.442. The molecule has 4 nitrogen and oxygen atoms in total. The van der Waals surface area contributed by atoms with Crippen molar-refractivity contribution in [1.29, 1.82) is 0 Å². The second-order valence-corrected chi connectivity index (χ2v) is 5.63. The van der Waals surface area contributed by atoms with E-state index in [9.17, 15) is 10.1 Å². The van der Waals surface area contributed by atoms with E-state index < -0.39 is 4.92 Å². The normalized spacial score (nSPS) is 10.3. The molecule has 7 heteroatoms. The molecular formula is C13H9BrCl2N2O2. The molecule has 20 heavy (non-hydrogen) atoms. The molecule has 2 aromatic rings. The third kappa shape index (κ3) is 3.42. The summed E-state index contributed by atoms with van der Waals surface area (Å²) in [5, 5.41) is 14.8. The zero-order valence-corrected chi connectivity index (χ0v) is 13.2. The first-order valence-corrected chi connectivity index (χ1v) is 7.14. The van der Waals surface area contributed by atoms with Crippen LogP contribution in [0.4, 0.5) is 11.4 Å². The number of non-ortho nitro benzene ring substituents is 1. The van der Waals surface area contributed by atoms with Crippen LogP contribution in [0.2, 0.25) is 10.0 Å². The van der Waals surface area contributed by atoms with Gasteiger partial charge in [0.05, 0.1) is 15.0 Å². The fraction of sp³-hybridized carbons (Fsp3) is 0.0769. The molecule has 0 unspecified atom stereocenters. The van der Waals surface area contributed by atoms with Gasteiger partial charge in [-0.1, -0.05) is 35.3 Å². The van der Waals surface area contributed by atoms with Crippen molar-refractivity contribution in [3.05, 3.63) is 66.6 Å². The lowest BCUT2D eigenvalue weighted by Crippen LogP contribution is -2.01. The molecule has 0 fully saturated rings. The van der Waals surface area contributed by atoms with Gasteiger partial charge in [0.1, 0.15) is 0 Å². The van der Waals surface area contributed by atoms with E-state index in [0.29, 0.717) is 21.1 Å². The van der Waals surface area contributed by atoms with E-state index in [1.807, 2.05) is 12.1 Å². The van der Waals surface area contributed by atoms with E-state index >= 15 is 0 Å². The maximum Gasteiger partial charge on any atom is 0.270 e. The molecular weight excluding hydrogens is 367 g/mol. The average Bonchev–Trinajstić information content (AvgIpc) is 2.41. The van der Waals surface area contributed by atoms with Gasteiger partial charge in [-0.3, -0.25) is 10.1 Å². The average molecular weight is 376 g/mol. The van der Waals surface area contributed by atoms with Crippen LogP contribution >= 0.6 is 39.1 Å². The first-order chi connectivity index (χ1) is 9.49. The molecule has 0 saturated heterocycles. The van der Waals surface area contributed by atoms with Crippen molar-refractivity contribution in [3.63, 3.8) is 0 Å². The molecule has 0 aromatic heterocycles. The van der Waals surface area contributed by atoms with Crippen LogP contribution in [-0.4, -0.2) is 4.92 Å². The SMILES string of the molecule is O=[N+]([O-])c1ccc(NCc2cccc(Cl)c2Cl)c(Br)c1. The van der Waals surface area contributed by atoms with Crippen LogP contribution < -0.4 is 5.32 Å². The number of nitrogens with zero attached hydrogens (tertiary/aromatic N) is 1. The zero-order valence-electron chi connectivity index (χ0n) is 10.1. The molecule has 104 valence electrons. The van der Waals surface area contributed by atoms with Crippen molar-refractivity contribution in [2.24, 2.45) is 0 Å². The number of rotatable bonds is 4. The van der Waals surface area contributed by atoms with Crippen molar-refractivity contribution >= 4 is 50.5 Å². The Morgan fingerprint density at radius 3 is 2.65 bits per heavy atom. The number of nitro benzene ring substituents is 1. The van der Waals surface area contributed by atoms with Crippen LogP contribution in [0.3, 0.4) is 0 Å². The summed E-state index contributed by atoms with van der Waals surface area (Å²) in [5.74, 6) is 0. The van der Waals surface area contributed by atoms with Gasteiger partial charge in [-0.15, -0.1) is 0 Å².